The molecule has 2 rings (SSSR count). The normalized spacial score (nSPS) is 10.1. The first-order valence-electron chi connectivity index (χ1n) is 5.65. The van der Waals surface area contributed by atoms with Crippen LogP contribution < -0.4 is 10.6 Å². The number of anilines is 2. The molecule has 2 amide bonds. The molecule has 0 bridgehead atoms. The maximum atomic E-state index is 11.9. The Morgan fingerprint density at radius 2 is 1.74 bits per heavy atom. The van der Waals surface area contributed by atoms with Crippen LogP contribution >= 0.6 is 31.9 Å². The Kier molecular flexibility index (Phi) is 4.61. The van der Waals surface area contributed by atoms with Gasteiger partial charge in [-0.3, -0.25) is 0 Å². The van der Waals surface area contributed by atoms with Crippen LogP contribution in [0.25, 0.3) is 0 Å². The molecule has 5 heteroatoms. The fourth-order valence-electron chi connectivity index (χ4n) is 1.66. The molecule has 98 valence electrons. The van der Waals surface area contributed by atoms with E-state index in [0.29, 0.717) is 0 Å². The molecule has 0 saturated heterocycles. The van der Waals surface area contributed by atoms with Gasteiger partial charge in [-0.25, -0.2) is 4.79 Å². The number of hydrogen-bond acceptors (Lipinski definition) is 1. The Morgan fingerprint density at radius 1 is 1.05 bits per heavy atom. The molecule has 0 spiro atoms. The highest BCUT2D eigenvalue weighted by Gasteiger charge is 2.09. The van der Waals surface area contributed by atoms with Crippen LogP contribution in [0.3, 0.4) is 0 Å². The Morgan fingerprint density at radius 3 is 2.37 bits per heavy atom. The first-order valence-corrected chi connectivity index (χ1v) is 7.23. The second-order valence-electron chi connectivity index (χ2n) is 4.02. The average molecular weight is 384 g/mol. The predicted octanol–water partition coefficient (Wildman–Crippen LogP) is 5.16. The van der Waals surface area contributed by atoms with Crippen LogP contribution in [0.2, 0.25) is 0 Å². The van der Waals surface area contributed by atoms with Gasteiger partial charge in [-0.1, -0.05) is 34.1 Å². The number of hydrogen-bond donors (Lipinski definition) is 2. The number of rotatable bonds is 2. The van der Waals surface area contributed by atoms with Gasteiger partial charge in [-0.2, -0.15) is 0 Å². The van der Waals surface area contributed by atoms with E-state index in [0.717, 1.165) is 25.9 Å². The summed E-state index contributed by atoms with van der Waals surface area (Å²) in [7, 11) is 0. The van der Waals surface area contributed by atoms with Gasteiger partial charge in [0.05, 0.1) is 5.69 Å². The minimum Gasteiger partial charge on any atom is -0.308 e. The van der Waals surface area contributed by atoms with E-state index in [1.54, 1.807) is 0 Å². The van der Waals surface area contributed by atoms with Crippen LogP contribution in [0.1, 0.15) is 5.56 Å². The number of carbonyl (C=O) groups excluding carboxylic acids is 1. The van der Waals surface area contributed by atoms with Crippen molar-refractivity contribution in [3.8, 4) is 0 Å². The third kappa shape index (κ3) is 3.81. The van der Waals surface area contributed by atoms with E-state index in [4.69, 9.17) is 0 Å². The Balaban J connectivity index is 2.12. The highest BCUT2D eigenvalue weighted by molar-refractivity contribution is 9.11. The zero-order valence-electron chi connectivity index (χ0n) is 10.2. The highest BCUT2D eigenvalue weighted by atomic mass is 79.9. The molecule has 0 aliphatic heterocycles. The van der Waals surface area contributed by atoms with Crippen molar-refractivity contribution in [2.75, 3.05) is 10.6 Å². The molecule has 2 N–H and O–H groups in total. The van der Waals surface area contributed by atoms with E-state index in [2.05, 4.69) is 42.5 Å². The van der Waals surface area contributed by atoms with Crippen LogP contribution in [0.5, 0.6) is 0 Å². The van der Waals surface area contributed by atoms with Gasteiger partial charge in [0.2, 0.25) is 0 Å². The molecule has 0 aliphatic rings. The van der Waals surface area contributed by atoms with Gasteiger partial charge < -0.3 is 10.6 Å². The molecular weight excluding hydrogens is 372 g/mol. The van der Waals surface area contributed by atoms with Crippen molar-refractivity contribution in [2.24, 2.45) is 0 Å². The largest absolute Gasteiger partial charge is 0.323 e. The number of benzene rings is 2. The van der Waals surface area contributed by atoms with Gasteiger partial charge in [-0.05, 0) is 52.7 Å². The molecule has 0 saturated carbocycles. The first kappa shape index (κ1) is 14.1. The molecule has 2 aromatic rings. The van der Waals surface area contributed by atoms with Crippen molar-refractivity contribution in [1.29, 1.82) is 0 Å². The molecule has 0 radical (unpaired) electrons. The maximum Gasteiger partial charge on any atom is 0.323 e. The summed E-state index contributed by atoms with van der Waals surface area (Å²) in [6.45, 7) is 1.94. The van der Waals surface area contributed by atoms with E-state index in [1.165, 1.54) is 0 Å². The summed E-state index contributed by atoms with van der Waals surface area (Å²) in [6, 6.07) is 12.9. The van der Waals surface area contributed by atoms with E-state index in [9.17, 15) is 4.79 Å². The second kappa shape index (κ2) is 6.21. The lowest BCUT2D eigenvalue weighted by Crippen LogP contribution is -2.20. The second-order valence-corrected chi connectivity index (χ2v) is 5.79. The summed E-state index contributed by atoms with van der Waals surface area (Å²) in [5, 5.41) is 5.61. The van der Waals surface area contributed by atoms with E-state index < -0.39 is 0 Å². The number of carbonyl (C=O) groups is 1. The van der Waals surface area contributed by atoms with Crippen molar-refractivity contribution < 1.29 is 4.79 Å². The molecule has 19 heavy (non-hydrogen) atoms. The standard InChI is InChI=1S/C14H12Br2N2O/c1-9-7-10(15)8-12(16)13(9)18-14(19)17-11-5-3-2-4-6-11/h2-8H,1H3,(H2,17,18,19). The van der Waals surface area contributed by atoms with Gasteiger partial charge >= 0.3 is 6.03 Å². The lowest BCUT2D eigenvalue weighted by molar-refractivity contribution is 0.262. The third-order valence-corrected chi connectivity index (χ3v) is 3.61. The summed E-state index contributed by atoms with van der Waals surface area (Å²) < 4.78 is 1.80. The summed E-state index contributed by atoms with van der Waals surface area (Å²) in [5.74, 6) is 0. The molecule has 0 unspecified atom stereocenters. The molecule has 0 aromatic heterocycles. The summed E-state index contributed by atoms with van der Waals surface area (Å²) in [5.41, 5.74) is 2.49. The van der Waals surface area contributed by atoms with Crippen molar-refractivity contribution in [3.63, 3.8) is 0 Å². The van der Waals surface area contributed by atoms with Gasteiger partial charge in [0.1, 0.15) is 0 Å². The summed E-state index contributed by atoms with van der Waals surface area (Å²) in [6.07, 6.45) is 0. The Labute approximate surface area is 128 Å². The maximum absolute atomic E-state index is 11.9. The molecular formula is C14H12Br2N2O. The van der Waals surface area contributed by atoms with Gasteiger partial charge in [0, 0.05) is 14.6 Å². The minimum absolute atomic E-state index is 0.266. The number of urea groups is 1. The minimum atomic E-state index is -0.266. The molecule has 0 fully saturated rings. The smallest absolute Gasteiger partial charge is 0.308 e. The molecule has 0 heterocycles. The van der Waals surface area contributed by atoms with E-state index >= 15 is 0 Å². The highest BCUT2D eigenvalue weighted by Crippen LogP contribution is 2.30. The van der Waals surface area contributed by atoms with Crippen LogP contribution in [0, 0.1) is 6.92 Å². The van der Waals surface area contributed by atoms with Crippen LogP contribution in [0.15, 0.2) is 51.4 Å². The van der Waals surface area contributed by atoms with Crippen LogP contribution in [-0.2, 0) is 0 Å². The molecule has 3 nitrogen and oxygen atoms in total. The van der Waals surface area contributed by atoms with Gasteiger partial charge in [0.15, 0.2) is 0 Å². The molecule has 0 atom stereocenters. The number of nitrogens with one attached hydrogen (secondary N) is 2. The van der Waals surface area contributed by atoms with Crippen LogP contribution in [0.4, 0.5) is 16.2 Å². The van der Waals surface area contributed by atoms with E-state index in [-0.39, 0.29) is 6.03 Å². The van der Waals surface area contributed by atoms with Crippen molar-refractivity contribution >= 4 is 49.3 Å². The number of aryl methyl sites for hydroxylation is 1. The quantitative estimate of drug-likeness (QED) is 0.738. The van der Waals surface area contributed by atoms with Crippen molar-refractivity contribution in [3.05, 3.63) is 57.0 Å². The lowest BCUT2D eigenvalue weighted by Gasteiger charge is -2.12. The predicted molar refractivity (Wildman–Crippen MR) is 85.7 cm³/mol. The van der Waals surface area contributed by atoms with Gasteiger partial charge in [-0.15, -0.1) is 0 Å². The summed E-state index contributed by atoms with van der Waals surface area (Å²) >= 11 is 6.85. The van der Waals surface area contributed by atoms with Crippen molar-refractivity contribution in [1.82, 2.24) is 0 Å². The SMILES string of the molecule is Cc1cc(Br)cc(Br)c1NC(=O)Nc1ccccc1. The fourth-order valence-corrected chi connectivity index (χ4v) is 3.20. The summed E-state index contributed by atoms with van der Waals surface area (Å²) in [4.78, 5) is 11.9. The number of amides is 2. The molecule has 0 aliphatic carbocycles. The van der Waals surface area contributed by atoms with Gasteiger partial charge in [0.25, 0.3) is 0 Å². The monoisotopic (exact) mass is 382 g/mol. The van der Waals surface area contributed by atoms with E-state index in [1.807, 2.05) is 49.4 Å². The fraction of sp³-hybridized carbons (Fsp3) is 0.0714. The van der Waals surface area contributed by atoms with Crippen molar-refractivity contribution in [2.45, 2.75) is 6.92 Å². The first-order chi connectivity index (χ1) is 9.06. The Hall–Kier alpha value is -1.33. The zero-order chi connectivity index (χ0) is 13.8. The lowest BCUT2D eigenvalue weighted by atomic mass is 10.2. The Bertz CT molecular complexity index is 577. The van der Waals surface area contributed by atoms with Crippen LogP contribution in [-0.4, -0.2) is 6.03 Å². The topological polar surface area (TPSA) is 41.1 Å². The zero-order valence-corrected chi connectivity index (χ0v) is 13.4. The average Bonchev–Trinajstić information content (AvgIpc) is 2.35. The number of halogens is 2. The number of para-hydroxylation sites is 1. The third-order valence-electron chi connectivity index (χ3n) is 2.52. The molecule has 2 aromatic carbocycles.